The number of anilines is 2. The van der Waals surface area contributed by atoms with E-state index in [9.17, 15) is 0 Å². The van der Waals surface area contributed by atoms with Gasteiger partial charge in [0.1, 0.15) is 0 Å². The Hall–Kier alpha value is -1.63. The van der Waals surface area contributed by atoms with E-state index in [1.54, 1.807) is 0 Å². The summed E-state index contributed by atoms with van der Waals surface area (Å²) in [6.07, 6.45) is 7.12. The summed E-state index contributed by atoms with van der Waals surface area (Å²) in [6.45, 7) is 2.62. The maximum atomic E-state index is 5.49. The minimum atomic E-state index is 0.326. The summed E-state index contributed by atoms with van der Waals surface area (Å²) in [7, 11) is 2.02. The highest BCUT2D eigenvalue weighted by Crippen LogP contribution is 2.25. The third-order valence-electron chi connectivity index (χ3n) is 3.61. The van der Waals surface area contributed by atoms with Gasteiger partial charge in [0.2, 0.25) is 11.9 Å². The first-order valence-corrected chi connectivity index (χ1v) is 7.33. The maximum Gasteiger partial charge on any atom is 0.323 e. The number of nitrogens with two attached hydrogens (primary N) is 1. The van der Waals surface area contributed by atoms with Gasteiger partial charge < -0.3 is 9.64 Å². The molecule has 1 saturated carbocycles. The van der Waals surface area contributed by atoms with Gasteiger partial charge in [-0.15, -0.1) is 0 Å². The van der Waals surface area contributed by atoms with Crippen molar-refractivity contribution in [1.29, 1.82) is 0 Å². The SMILES string of the molecule is CCCOc1nc(NN)nc(N(C)C2CCCCC2)n1. The molecule has 0 radical (unpaired) electrons. The zero-order chi connectivity index (χ0) is 14.4. The molecule has 1 aromatic heterocycles. The average molecular weight is 280 g/mol. The number of hydrogen-bond donors (Lipinski definition) is 2. The molecule has 1 heterocycles. The molecule has 0 aliphatic heterocycles. The van der Waals surface area contributed by atoms with Crippen molar-refractivity contribution in [2.24, 2.45) is 5.84 Å². The van der Waals surface area contributed by atoms with Crippen LogP contribution in [-0.4, -0.2) is 34.6 Å². The quantitative estimate of drug-likeness (QED) is 0.605. The molecule has 0 spiro atoms. The van der Waals surface area contributed by atoms with Gasteiger partial charge in [-0.25, -0.2) is 5.84 Å². The Morgan fingerprint density at radius 3 is 2.65 bits per heavy atom. The van der Waals surface area contributed by atoms with Gasteiger partial charge >= 0.3 is 6.01 Å². The van der Waals surface area contributed by atoms with Crippen LogP contribution in [0.2, 0.25) is 0 Å². The molecule has 1 fully saturated rings. The smallest absolute Gasteiger partial charge is 0.323 e. The monoisotopic (exact) mass is 280 g/mol. The second-order valence-corrected chi connectivity index (χ2v) is 5.14. The molecule has 0 atom stereocenters. The van der Waals surface area contributed by atoms with Crippen LogP contribution >= 0.6 is 0 Å². The van der Waals surface area contributed by atoms with Crippen molar-refractivity contribution in [3.63, 3.8) is 0 Å². The van der Waals surface area contributed by atoms with Gasteiger partial charge in [0.25, 0.3) is 0 Å². The summed E-state index contributed by atoms with van der Waals surface area (Å²) in [4.78, 5) is 14.9. The highest BCUT2D eigenvalue weighted by molar-refractivity contribution is 5.38. The van der Waals surface area contributed by atoms with Crippen molar-refractivity contribution in [2.45, 2.75) is 51.5 Å². The highest BCUT2D eigenvalue weighted by Gasteiger charge is 2.21. The van der Waals surface area contributed by atoms with Crippen LogP contribution in [0.5, 0.6) is 6.01 Å². The van der Waals surface area contributed by atoms with Crippen molar-refractivity contribution in [3.05, 3.63) is 0 Å². The Bertz CT molecular complexity index is 421. The van der Waals surface area contributed by atoms with E-state index in [0.717, 1.165) is 6.42 Å². The van der Waals surface area contributed by atoms with Crippen LogP contribution in [0.25, 0.3) is 0 Å². The third-order valence-corrected chi connectivity index (χ3v) is 3.61. The molecule has 0 bridgehead atoms. The van der Waals surface area contributed by atoms with E-state index >= 15 is 0 Å². The summed E-state index contributed by atoms with van der Waals surface area (Å²) < 4.78 is 5.49. The van der Waals surface area contributed by atoms with Gasteiger partial charge in [0, 0.05) is 13.1 Å². The molecule has 3 N–H and O–H groups in total. The lowest BCUT2D eigenvalue weighted by Gasteiger charge is -2.31. The largest absolute Gasteiger partial charge is 0.463 e. The number of hydrogen-bond acceptors (Lipinski definition) is 7. The predicted octanol–water partition coefficient (Wildman–Crippen LogP) is 1.71. The van der Waals surface area contributed by atoms with Crippen LogP contribution < -0.4 is 20.9 Å². The Morgan fingerprint density at radius 1 is 1.25 bits per heavy atom. The highest BCUT2D eigenvalue weighted by atomic mass is 16.5. The summed E-state index contributed by atoms with van der Waals surface area (Å²) in [5.74, 6) is 6.37. The number of rotatable bonds is 6. The molecule has 0 aromatic carbocycles. The van der Waals surface area contributed by atoms with Crippen LogP contribution in [0.15, 0.2) is 0 Å². The van der Waals surface area contributed by atoms with E-state index in [1.165, 1.54) is 32.1 Å². The predicted molar refractivity (Wildman–Crippen MR) is 78.7 cm³/mol. The first-order valence-electron chi connectivity index (χ1n) is 7.33. The van der Waals surface area contributed by atoms with Gasteiger partial charge in [0.15, 0.2) is 0 Å². The Balaban J connectivity index is 2.15. The zero-order valence-corrected chi connectivity index (χ0v) is 12.3. The normalized spacial score (nSPS) is 15.9. The minimum absolute atomic E-state index is 0.326. The molecule has 7 nitrogen and oxygen atoms in total. The fourth-order valence-electron chi connectivity index (χ4n) is 2.46. The van der Waals surface area contributed by atoms with Gasteiger partial charge in [-0.3, -0.25) is 5.43 Å². The molecule has 20 heavy (non-hydrogen) atoms. The fraction of sp³-hybridized carbons (Fsp3) is 0.769. The zero-order valence-electron chi connectivity index (χ0n) is 12.3. The number of nitrogens with one attached hydrogen (secondary N) is 1. The molecule has 0 saturated heterocycles. The Kier molecular flexibility index (Phi) is 5.34. The molecule has 7 heteroatoms. The molecular weight excluding hydrogens is 256 g/mol. The molecule has 0 amide bonds. The molecule has 1 aliphatic carbocycles. The van der Waals surface area contributed by atoms with Crippen LogP contribution in [0.1, 0.15) is 45.4 Å². The van der Waals surface area contributed by atoms with Crippen LogP contribution in [-0.2, 0) is 0 Å². The summed E-state index contributed by atoms with van der Waals surface area (Å²) in [5.41, 5.74) is 2.47. The molecular formula is C13H24N6O. The van der Waals surface area contributed by atoms with Crippen molar-refractivity contribution >= 4 is 11.9 Å². The number of nitrogens with zero attached hydrogens (tertiary/aromatic N) is 4. The standard InChI is InChI=1S/C13H24N6O/c1-3-9-20-13-16-11(18-14)15-12(17-13)19(2)10-7-5-4-6-8-10/h10H,3-9,14H2,1-2H3,(H,15,16,17,18). The van der Waals surface area contributed by atoms with Crippen molar-refractivity contribution in [2.75, 3.05) is 24.0 Å². The van der Waals surface area contributed by atoms with Crippen molar-refractivity contribution in [1.82, 2.24) is 15.0 Å². The van der Waals surface area contributed by atoms with E-state index in [0.29, 0.717) is 30.6 Å². The van der Waals surface area contributed by atoms with Gasteiger partial charge in [-0.2, -0.15) is 15.0 Å². The minimum Gasteiger partial charge on any atom is -0.463 e. The first-order chi connectivity index (χ1) is 9.74. The Morgan fingerprint density at radius 2 is 2.00 bits per heavy atom. The lowest BCUT2D eigenvalue weighted by molar-refractivity contribution is 0.291. The molecule has 1 aromatic rings. The summed E-state index contributed by atoms with van der Waals surface area (Å²) in [5, 5.41) is 0. The second-order valence-electron chi connectivity index (χ2n) is 5.14. The molecule has 1 aliphatic rings. The molecule has 0 unspecified atom stereocenters. The third kappa shape index (κ3) is 3.69. The van der Waals surface area contributed by atoms with E-state index in [1.807, 2.05) is 14.0 Å². The van der Waals surface area contributed by atoms with Crippen LogP contribution in [0.3, 0.4) is 0 Å². The van der Waals surface area contributed by atoms with Crippen molar-refractivity contribution in [3.8, 4) is 6.01 Å². The van der Waals surface area contributed by atoms with E-state index in [2.05, 4.69) is 25.3 Å². The second kappa shape index (κ2) is 7.23. The number of aromatic nitrogens is 3. The van der Waals surface area contributed by atoms with Gasteiger partial charge in [0.05, 0.1) is 6.61 Å². The summed E-state index contributed by atoms with van der Waals surface area (Å²) in [6, 6.07) is 0.809. The van der Waals surface area contributed by atoms with E-state index < -0.39 is 0 Å². The maximum absolute atomic E-state index is 5.49. The van der Waals surface area contributed by atoms with Gasteiger partial charge in [-0.05, 0) is 19.3 Å². The van der Waals surface area contributed by atoms with E-state index in [4.69, 9.17) is 10.6 Å². The lowest BCUT2D eigenvalue weighted by atomic mass is 9.95. The van der Waals surface area contributed by atoms with E-state index in [-0.39, 0.29) is 0 Å². The van der Waals surface area contributed by atoms with Crippen LogP contribution in [0.4, 0.5) is 11.9 Å². The van der Waals surface area contributed by atoms with Gasteiger partial charge in [-0.1, -0.05) is 26.2 Å². The molecule has 2 rings (SSSR count). The number of ether oxygens (including phenoxy) is 1. The van der Waals surface area contributed by atoms with Crippen molar-refractivity contribution < 1.29 is 4.74 Å². The van der Waals surface area contributed by atoms with Crippen LogP contribution in [0, 0.1) is 0 Å². The number of hydrazine groups is 1. The number of nitrogen functional groups attached to an aromatic ring is 1. The fourth-order valence-corrected chi connectivity index (χ4v) is 2.46. The lowest BCUT2D eigenvalue weighted by Crippen LogP contribution is -2.35. The summed E-state index contributed by atoms with van der Waals surface area (Å²) >= 11 is 0. The first kappa shape index (κ1) is 14.8. The molecule has 112 valence electrons. The topological polar surface area (TPSA) is 89.2 Å². The Labute approximate surface area is 119 Å². The average Bonchev–Trinajstić information content (AvgIpc) is 2.52.